The van der Waals surface area contributed by atoms with Crippen LogP contribution >= 0.6 is 0 Å². The molecule has 0 aromatic heterocycles. The molecule has 0 saturated carbocycles. The van der Waals surface area contributed by atoms with E-state index >= 15 is 0 Å². The number of aliphatic hydroxyl groups is 2. The Bertz CT molecular complexity index is 863. The van der Waals surface area contributed by atoms with Crippen LogP contribution in [0.5, 0.6) is 0 Å². The highest BCUT2D eigenvalue weighted by atomic mass is 16.3. The SMILES string of the molecule is C[C@H]1CCC(=O)NCC[C@H](O)C[C@H](NC(=O)[C@@H](NC(=O)CCCCc2ccccc2)[C@@H](C)O)C(=O)N1. The zero-order chi connectivity index (χ0) is 26.5. The van der Waals surface area contributed by atoms with Crippen LogP contribution in [0, 0.1) is 0 Å². The number of amides is 4. The first kappa shape index (κ1) is 29.3. The molecule has 6 N–H and O–H groups in total. The van der Waals surface area contributed by atoms with Crippen molar-refractivity contribution in [3.63, 3.8) is 0 Å². The fourth-order valence-electron chi connectivity index (χ4n) is 4.02. The molecule has 5 atom stereocenters. The summed E-state index contributed by atoms with van der Waals surface area (Å²) in [7, 11) is 0. The second-order valence-electron chi connectivity index (χ2n) is 9.52. The first-order valence-electron chi connectivity index (χ1n) is 12.7. The molecule has 1 heterocycles. The van der Waals surface area contributed by atoms with Crippen LogP contribution in [0.1, 0.15) is 64.4 Å². The van der Waals surface area contributed by atoms with Gasteiger partial charge in [0, 0.05) is 31.8 Å². The summed E-state index contributed by atoms with van der Waals surface area (Å²) in [5.74, 6) is -1.71. The smallest absolute Gasteiger partial charge is 0.245 e. The van der Waals surface area contributed by atoms with Gasteiger partial charge in [-0.2, -0.15) is 0 Å². The van der Waals surface area contributed by atoms with Crippen molar-refractivity contribution in [2.24, 2.45) is 0 Å². The van der Waals surface area contributed by atoms with Crippen LogP contribution in [0.25, 0.3) is 0 Å². The van der Waals surface area contributed by atoms with E-state index < -0.39 is 36.1 Å². The Balaban J connectivity index is 1.93. The van der Waals surface area contributed by atoms with Crippen molar-refractivity contribution >= 4 is 23.6 Å². The minimum Gasteiger partial charge on any atom is -0.393 e. The molecule has 10 nitrogen and oxygen atoms in total. The molecular formula is C26H40N4O6. The molecule has 0 bridgehead atoms. The van der Waals surface area contributed by atoms with E-state index in [2.05, 4.69) is 21.3 Å². The molecule has 0 unspecified atom stereocenters. The molecule has 1 aliphatic rings. The molecule has 0 spiro atoms. The van der Waals surface area contributed by atoms with E-state index in [1.807, 2.05) is 30.3 Å². The lowest BCUT2D eigenvalue weighted by molar-refractivity contribution is -0.135. The predicted octanol–water partition coefficient (Wildman–Crippen LogP) is 0.306. The molecule has 200 valence electrons. The highest BCUT2D eigenvalue weighted by Crippen LogP contribution is 2.09. The maximum Gasteiger partial charge on any atom is 0.245 e. The summed E-state index contributed by atoms with van der Waals surface area (Å²) in [6.45, 7) is 3.40. The van der Waals surface area contributed by atoms with Gasteiger partial charge in [-0.15, -0.1) is 0 Å². The van der Waals surface area contributed by atoms with Crippen molar-refractivity contribution in [2.75, 3.05) is 6.54 Å². The summed E-state index contributed by atoms with van der Waals surface area (Å²) in [6.07, 6.45) is 1.16. The van der Waals surface area contributed by atoms with E-state index in [0.29, 0.717) is 12.8 Å². The summed E-state index contributed by atoms with van der Waals surface area (Å²) in [5.41, 5.74) is 1.19. The predicted molar refractivity (Wildman–Crippen MR) is 135 cm³/mol. The topological polar surface area (TPSA) is 157 Å². The van der Waals surface area contributed by atoms with Gasteiger partial charge in [-0.05, 0) is 51.5 Å². The second kappa shape index (κ2) is 15.2. The van der Waals surface area contributed by atoms with Gasteiger partial charge in [0.05, 0.1) is 12.2 Å². The Morgan fingerprint density at radius 2 is 1.86 bits per heavy atom. The van der Waals surface area contributed by atoms with E-state index in [-0.39, 0.29) is 50.1 Å². The lowest BCUT2D eigenvalue weighted by Crippen LogP contribution is -2.58. The molecule has 36 heavy (non-hydrogen) atoms. The lowest BCUT2D eigenvalue weighted by atomic mass is 10.0. The summed E-state index contributed by atoms with van der Waals surface area (Å²) in [4.78, 5) is 50.0. The number of nitrogens with one attached hydrogen (secondary N) is 4. The summed E-state index contributed by atoms with van der Waals surface area (Å²) >= 11 is 0. The molecule has 4 amide bonds. The maximum absolute atomic E-state index is 13.0. The first-order valence-corrected chi connectivity index (χ1v) is 12.7. The Labute approximate surface area is 212 Å². The quantitative estimate of drug-likeness (QED) is 0.266. The molecule has 1 fully saturated rings. The van der Waals surface area contributed by atoms with Gasteiger partial charge in [0.15, 0.2) is 0 Å². The van der Waals surface area contributed by atoms with Crippen LogP contribution in [0.4, 0.5) is 0 Å². The number of rotatable bonds is 9. The molecule has 1 aliphatic heterocycles. The Hall–Kier alpha value is -2.98. The Kier molecular flexibility index (Phi) is 12.4. The van der Waals surface area contributed by atoms with Gasteiger partial charge in [-0.25, -0.2) is 0 Å². The zero-order valence-corrected chi connectivity index (χ0v) is 21.2. The number of carbonyl (C=O) groups is 4. The average molecular weight is 505 g/mol. The molecule has 0 aliphatic carbocycles. The van der Waals surface area contributed by atoms with Gasteiger partial charge in [0.25, 0.3) is 0 Å². The number of aryl methyl sites for hydroxylation is 1. The average Bonchev–Trinajstić information content (AvgIpc) is 2.83. The van der Waals surface area contributed by atoms with Crippen LogP contribution in [0.2, 0.25) is 0 Å². The van der Waals surface area contributed by atoms with Gasteiger partial charge in [0.1, 0.15) is 12.1 Å². The maximum atomic E-state index is 13.0. The number of benzene rings is 1. The molecule has 1 aromatic rings. The second-order valence-corrected chi connectivity index (χ2v) is 9.52. The first-order chi connectivity index (χ1) is 17.2. The third kappa shape index (κ3) is 10.7. The van der Waals surface area contributed by atoms with E-state index in [1.165, 1.54) is 12.5 Å². The van der Waals surface area contributed by atoms with Crippen LogP contribution in [-0.4, -0.2) is 70.7 Å². The van der Waals surface area contributed by atoms with Gasteiger partial charge >= 0.3 is 0 Å². The summed E-state index contributed by atoms with van der Waals surface area (Å²) in [6, 6.07) is 7.32. The third-order valence-corrected chi connectivity index (χ3v) is 6.18. The largest absolute Gasteiger partial charge is 0.393 e. The molecule has 1 aromatic carbocycles. The van der Waals surface area contributed by atoms with E-state index in [9.17, 15) is 29.4 Å². The van der Waals surface area contributed by atoms with Gasteiger partial charge in [-0.1, -0.05) is 30.3 Å². The van der Waals surface area contributed by atoms with Crippen molar-refractivity contribution in [3.8, 4) is 0 Å². The molecule has 1 saturated heterocycles. The number of unbranched alkanes of at least 4 members (excludes halogenated alkanes) is 1. The lowest BCUT2D eigenvalue weighted by Gasteiger charge is -2.27. The van der Waals surface area contributed by atoms with Crippen LogP contribution < -0.4 is 21.3 Å². The fourth-order valence-corrected chi connectivity index (χ4v) is 4.02. The van der Waals surface area contributed by atoms with Crippen molar-refractivity contribution < 1.29 is 29.4 Å². The van der Waals surface area contributed by atoms with Crippen LogP contribution in [0.15, 0.2) is 30.3 Å². The molecule has 2 rings (SSSR count). The van der Waals surface area contributed by atoms with Crippen molar-refractivity contribution in [3.05, 3.63) is 35.9 Å². The van der Waals surface area contributed by atoms with Crippen LogP contribution in [-0.2, 0) is 25.6 Å². The van der Waals surface area contributed by atoms with Crippen LogP contribution in [0.3, 0.4) is 0 Å². The number of hydrogen-bond donors (Lipinski definition) is 6. The zero-order valence-electron chi connectivity index (χ0n) is 21.2. The highest BCUT2D eigenvalue weighted by molar-refractivity contribution is 5.92. The third-order valence-electron chi connectivity index (χ3n) is 6.18. The highest BCUT2D eigenvalue weighted by Gasteiger charge is 2.31. The van der Waals surface area contributed by atoms with Gasteiger partial charge < -0.3 is 31.5 Å². The Morgan fingerprint density at radius 3 is 2.56 bits per heavy atom. The minimum absolute atomic E-state index is 0.0693. The minimum atomic E-state index is -1.24. The number of aliphatic hydroxyl groups excluding tert-OH is 2. The Morgan fingerprint density at radius 1 is 1.14 bits per heavy atom. The molecular weight excluding hydrogens is 464 g/mol. The number of hydrogen-bond acceptors (Lipinski definition) is 6. The monoisotopic (exact) mass is 504 g/mol. The molecule has 10 heteroatoms. The van der Waals surface area contributed by atoms with E-state index in [4.69, 9.17) is 0 Å². The fraction of sp³-hybridized carbons (Fsp3) is 0.615. The summed E-state index contributed by atoms with van der Waals surface area (Å²) in [5, 5.41) is 31.1. The van der Waals surface area contributed by atoms with Crippen molar-refractivity contribution in [1.82, 2.24) is 21.3 Å². The van der Waals surface area contributed by atoms with E-state index in [0.717, 1.165) is 12.8 Å². The van der Waals surface area contributed by atoms with Crippen molar-refractivity contribution in [1.29, 1.82) is 0 Å². The molecule has 0 radical (unpaired) electrons. The summed E-state index contributed by atoms with van der Waals surface area (Å²) < 4.78 is 0. The standard InChI is InChI=1S/C26H40N4O6/c1-17-12-13-22(33)27-15-14-20(32)16-21(25(35)28-17)29-26(36)24(18(2)31)30-23(34)11-7-6-10-19-8-4-3-5-9-19/h3-5,8-9,17-18,20-21,24,31-32H,6-7,10-16H2,1-2H3,(H,27,33)(H,28,35)(H,29,36)(H,30,34)/t17-,18+,20-,21-,24-/m0/s1. The number of carbonyl (C=O) groups excluding carboxylic acids is 4. The van der Waals surface area contributed by atoms with Crippen molar-refractivity contribution in [2.45, 2.75) is 95.5 Å². The van der Waals surface area contributed by atoms with Gasteiger partial charge in [0.2, 0.25) is 23.6 Å². The van der Waals surface area contributed by atoms with Gasteiger partial charge in [-0.3, -0.25) is 19.2 Å². The van der Waals surface area contributed by atoms with E-state index in [1.54, 1.807) is 6.92 Å². The normalized spacial score (nSPS) is 23.2.